The third-order valence-corrected chi connectivity index (χ3v) is 4.05. The summed E-state index contributed by atoms with van der Waals surface area (Å²) in [5.41, 5.74) is 1.52. The minimum Gasteiger partial charge on any atom is -0.497 e. The van der Waals surface area contributed by atoms with E-state index in [0.717, 1.165) is 0 Å². The second-order valence-corrected chi connectivity index (χ2v) is 6.26. The van der Waals surface area contributed by atoms with E-state index >= 15 is 0 Å². The average molecular weight is 420 g/mol. The molecular formula is C23H20N2O6. The van der Waals surface area contributed by atoms with Gasteiger partial charge in [0, 0.05) is 23.0 Å². The summed E-state index contributed by atoms with van der Waals surface area (Å²) in [4.78, 5) is 35.9. The van der Waals surface area contributed by atoms with Gasteiger partial charge in [-0.3, -0.25) is 9.59 Å². The van der Waals surface area contributed by atoms with Gasteiger partial charge in [0.2, 0.25) is 0 Å². The molecule has 0 saturated carbocycles. The normalized spacial score (nSPS) is 10.5. The Kier molecular flexibility index (Phi) is 7.21. The maximum atomic E-state index is 12.3. The minimum absolute atomic E-state index is 0.291. The Morgan fingerprint density at radius 2 is 1.61 bits per heavy atom. The van der Waals surface area contributed by atoms with E-state index in [1.165, 1.54) is 18.4 Å². The lowest BCUT2D eigenvalue weighted by molar-refractivity contribution is -0.142. The van der Waals surface area contributed by atoms with Gasteiger partial charge in [0.15, 0.2) is 6.61 Å². The van der Waals surface area contributed by atoms with Crippen LogP contribution in [0.2, 0.25) is 0 Å². The van der Waals surface area contributed by atoms with Crippen LogP contribution in [0.4, 0.5) is 11.4 Å². The number of hydrogen-bond acceptors (Lipinski definition) is 6. The Hall–Kier alpha value is -4.33. The van der Waals surface area contributed by atoms with E-state index < -0.39 is 18.5 Å². The van der Waals surface area contributed by atoms with Crippen LogP contribution >= 0.6 is 0 Å². The van der Waals surface area contributed by atoms with E-state index in [0.29, 0.717) is 28.4 Å². The third kappa shape index (κ3) is 6.60. The maximum absolute atomic E-state index is 12.3. The Balaban J connectivity index is 1.46. The molecule has 2 N–H and O–H groups in total. The second-order valence-electron chi connectivity index (χ2n) is 6.26. The molecule has 0 unspecified atom stereocenters. The lowest BCUT2D eigenvalue weighted by atomic mass is 10.2. The molecule has 8 heteroatoms. The molecule has 3 rings (SSSR count). The number of benzene rings is 2. The molecule has 0 fully saturated rings. The van der Waals surface area contributed by atoms with Crippen molar-refractivity contribution in [3.8, 4) is 5.75 Å². The zero-order valence-corrected chi connectivity index (χ0v) is 16.7. The van der Waals surface area contributed by atoms with Crippen LogP contribution < -0.4 is 15.4 Å². The molecule has 0 radical (unpaired) electrons. The number of ether oxygens (including phenoxy) is 2. The van der Waals surface area contributed by atoms with Crippen LogP contribution in [0.5, 0.6) is 5.75 Å². The van der Waals surface area contributed by atoms with E-state index in [1.807, 2.05) is 0 Å². The fourth-order valence-corrected chi connectivity index (χ4v) is 2.50. The number of methoxy groups -OCH3 is 1. The van der Waals surface area contributed by atoms with Crippen LogP contribution in [0.1, 0.15) is 16.1 Å². The summed E-state index contributed by atoms with van der Waals surface area (Å²) in [7, 11) is 1.57. The van der Waals surface area contributed by atoms with E-state index in [4.69, 9.17) is 13.9 Å². The van der Waals surface area contributed by atoms with Crippen LogP contribution in [-0.2, 0) is 14.3 Å². The van der Waals surface area contributed by atoms with Crippen molar-refractivity contribution in [2.75, 3.05) is 24.4 Å². The van der Waals surface area contributed by atoms with Crippen molar-refractivity contribution in [1.29, 1.82) is 0 Å². The number of hydrogen-bond donors (Lipinski definition) is 2. The Labute approximate surface area is 178 Å². The number of carbonyl (C=O) groups is 3. The van der Waals surface area contributed by atoms with Gasteiger partial charge in [-0.15, -0.1) is 0 Å². The summed E-state index contributed by atoms with van der Waals surface area (Å²) in [6, 6.07) is 16.6. The molecule has 1 aromatic heterocycles. The Morgan fingerprint density at radius 3 is 2.26 bits per heavy atom. The quantitative estimate of drug-likeness (QED) is 0.425. The van der Waals surface area contributed by atoms with E-state index in [2.05, 4.69) is 10.6 Å². The van der Waals surface area contributed by atoms with Crippen LogP contribution in [0.15, 0.2) is 77.4 Å². The van der Waals surface area contributed by atoms with Crippen molar-refractivity contribution in [2.45, 2.75) is 0 Å². The van der Waals surface area contributed by atoms with Gasteiger partial charge in [-0.1, -0.05) is 0 Å². The number of amides is 2. The molecule has 0 saturated heterocycles. The predicted octanol–water partition coefficient (Wildman–Crippen LogP) is 3.74. The van der Waals surface area contributed by atoms with Gasteiger partial charge in [0.05, 0.1) is 13.4 Å². The van der Waals surface area contributed by atoms with E-state index in [9.17, 15) is 14.4 Å². The molecule has 0 spiro atoms. The van der Waals surface area contributed by atoms with Crippen molar-refractivity contribution >= 4 is 35.2 Å². The first-order valence-electron chi connectivity index (χ1n) is 9.27. The van der Waals surface area contributed by atoms with E-state index in [-0.39, 0.29) is 5.91 Å². The van der Waals surface area contributed by atoms with Crippen molar-refractivity contribution in [3.05, 3.63) is 84.3 Å². The number of esters is 1. The summed E-state index contributed by atoms with van der Waals surface area (Å²) in [5, 5.41) is 5.36. The summed E-state index contributed by atoms with van der Waals surface area (Å²) in [6.45, 7) is -0.443. The fourth-order valence-electron chi connectivity index (χ4n) is 2.50. The molecule has 0 atom stereocenters. The SMILES string of the molecule is COc1ccc(NC(=O)c2ccc(NC(=O)COC(=O)/C=C/c3ccco3)cc2)cc1. The van der Waals surface area contributed by atoms with Gasteiger partial charge >= 0.3 is 5.97 Å². The van der Waals surface area contributed by atoms with Crippen molar-refractivity contribution in [1.82, 2.24) is 0 Å². The zero-order chi connectivity index (χ0) is 22.1. The maximum Gasteiger partial charge on any atom is 0.331 e. The smallest absolute Gasteiger partial charge is 0.331 e. The lowest BCUT2D eigenvalue weighted by Crippen LogP contribution is -2.20. The van der Waals surface area contributed by atoms with Crippen LogP contribution in [0.3, 0.4) is 0 Å². The molecule has 158 valence electrons. The van der Waals surface area contributed by atoms with Gasteiger partial charge in [0.1, 0.15) is 11.5 Å². The van der Waals surface area contributed by atoms with Crippen LogP contribution in [-0.4, -0.2) is 31.5 Å². The van der Waals surface area contributed by atoms with Crippen molar-refractivity contribution in [2.24, 2.45) is 0 Å². The number of nitrogens with one attached hydrogen (secondary N) is 2. The summed E-state index contributed by atoms with van der Waals surface area (Å²) >= 11 is 0. The molecule has 3 aromatic rings. The van der Waals surface area contributed by atoms with Crippen molar-refractivity contribution in [3.63, 3.8) is 0 Å². The molecule has 8 nitrogen and oxygen atoms in total. The number of anilines is 2. The first-order chi connectivity index (χ1) is 15.0. The highest BCUT2D eigenvalue weighted by Gasteiger charge is 2.09. The van der Waals surface area contributed by atoms with Gasteiger partial charge in [0.25, 0.3) is 11.8 Å². The van der Waals surface area contributed by atoms with Gasteiger partial charge in [-0.25, -0.2) is 4.79 Å². The molecule has 0 aliphatic heterocycles. The number of rotatable bonds is 8. The van der Waals surface area contributed by atoms with Gasteiger partial charge in [-0.05, 0) is 66.7 Å². The summed E-state index contributed by atoms with van der Waals surface area (Å²) < 4.78 is 15.0. The largest absolute Gasteiger partial charge is 0.497 e. The van der Waals surface area contributed by atoms with E-state index in [1.54, 1.807) is 67.8 Å². The first kappa shape index (κ1) is 21.4. The van der Waals surface area contributed by atoms with Crippen molar-refractivity contribution < 1.29 is 28.3 Å². The highest BCUT2D eigenvalue weighted by atomic mass is 16.5. The molecule has 2 aromatic carbocycles. The van der Waals surface area contributed by atoms with Gasteiger partial charge in [-0.2, -0.15) is 0 Å². The molecule has 0 aliphatic carbocycles. The standard InChI is InChI=1S/C23H20N2O6/c1-29-19-10-8-18(9-11-19)25-23(28)16-4-6-17(7-5-16)24-21(26)15-31-22(27)13-12-20-3-2-14-30-20/h2-14H,15H2,1H3,(H,24,26)(H,25,28)/b13-12+. The second kappa shape index (κ2) is 10.4. The number of carbonyl (C=O) groups excluding carboxylic acids is 3. The molecule has 1 heterocycles. The molecule has 0 aliphatic rings. The fraction of sp³-hybridized carbons (Fsp3) is 0.0870. The van der Waals surface area contributed by atoms with Gasteiger partial charge < -0.3 is 24.5 Å². The lowest BCUT2D eigenvalue weighted by Gasteiger charge is -2.08. The monoisotopic (exact) mass is 420 g/mol. The third-order valence-electron chi connectivity index (χ3n) is 4.05. The predicted molar refractivity (Wildman–Crippen MR) is 115 cm³/mol. The number of furan rings is 1. The summed E-state index contributed by atoms with van der Waals surface area (Å²) in [5.74, 6) is -0.276. The highest BCUT2D eigenvalue weighted by Crippen LogP contribution is 2.17. The Morgan fingerprint density at radius 1 is 0.935 bits per heavy atom. The average Bonchev–Trinajstić information content (AvgIpc) is 3.31. The molecular weight excluding hydrogens is 400 g/mol. The molecule has 2 amide bonds. The summed E-state index contributed by atoms with van der Waals surface area (Å²) in [6.07, 6.45) is 4.09. The minimum atomic E-state index is -0.669. The zero-order valence-electron chi connectivity index (χ0n) is 16.7. The first-order valence-corrected chi connectivity index (χ1v) is 9.27. The topological polar surface area (TPSA) is 107 Å². The Bertz CT molecular complexity index is 1050. The highest BCUT2D eigenvalue weighted by molar-refractivity contribution is 6.04. The molecule has 31 heavy (non-hydrogen) atoms. The molecule has 0 bridgehead atoms. The van der Waals surface area contributed by atoms with Crippen LogP contribution in [0.25, 0.3) is 6.08 Å². The van der Waals surface area contributed by atoms with Crippen LogP contribution in [0, 0.1) is 0 Å².